The van der Waals surface area contributed by atoms with E-state index in [0.29, 0.717) is 6.54 Å². The second-order valence-corrected chi connectivity index (χ2v) is 4.78. The second-order valence-electron chi connectivity index (χ2n) is 4.78. The third-order valence-electron chi connectivity index (χ3n) is 3.34. The summed E-state index contributed by atoms with van der Waals surface area (Å²) in [6.07, 6.45) is 0. The monoisotopic (exact) mass is 260 g/mol. The van der Waals surface area contributed by atoms with E-state index in [1.165, 1.54) is 0 Å². The summed E-state index contributed by atoms with van der Waals surface area (Å²) in [4.78, 5) is 13.8. The Morgan fingerprint density at radius 3 is 2.63 bits per heavy atom. The van der Waals surface area contributed by atoms with Crippen LogP contribution in [0.25, 0.3) is 11.0 Å². The van der Waals surface area contributed by atoms with E-state index in [0.717, 1.165) is 16.7 Å². The highest BCUT2D eigenvalue weighted by molar-refractivity contribution is 5.82. The largest absolute Gasteiger partial charge is 0.459 e. The molecule has 1 heterocycles. The maximum Gasteiger partial charge on any atom is 0.239 e. The molecule has 102 valence electrons. The minimum absolute atomic E-state index is 0.0598. The number of rotatable bonds is 4. The molecule has 0 radical (unpaired) electrons. The number of nitrogens with zero attached hydrogens (tertiary/aromatic N) is 1. The van der Waals surface area contributed by atoms with Gasteiger partial charge in [-0.1, -0.05) is 18.2 Å². The summed E-state index contributed by atoms with van der Waals surface area (Å²) in [7, 11) is 0. The zero-order chi connectivity index (χ0) is 14.0. The maximum atomic E-state index is 12.1. The Balaban J connectivity index is 2.31. The normalized spacial score (nSPS) is 14.3. The van der Waals surface area contributed by atoms with Crippen molar-refractivity contribution in [2.75, 3.05) is 6.54 Å². The van der Waals surface area contributed by atoms with Gasteiger partial charge in [-0.3, -0.25) is 4.79 Å². The van der Waals surface area contributed by atoms with Crippen molar-refractivity contribution in [2.45, 2.75) is 32.9 Å². The molecule has 0 aliphatic rings. The summed E-state index contributed by atoms with van der Waals surface area (Å²) < 4.78 is 5.81. The number of amides is 1. The predicted octanol–water partition coefficient (Wildman–Crippen LogP) is 2.69. The van der Waals surface area contributed by atoms with Gasteiger partial charge in [-0.2, -0.15) is 0 Å². The molecule has 0 aliphatic carbocycles. The van der Waals surface area contributed by atoms with Crippen LogP contribution in [-0.2, 0) is 4.79 Å². The number of hydrogen-bond acceptors (Lipinski definition) is 3. The van der Waals surface area contributed by atoms with Crippen LogP contribution in [0.15, 0.2) is 34.7 Å². The summed E-state index contributed by atoms with van der Waals surface area (Å²) in [6.45, 7) is 6.22. The van der Waals surface area contributed by atoms with Gasteiger partial charge in [0.15, 0.2) is 0 Å². The van der Waals surface area contributed by atoms with Gasteiger partial charge in [-0.25, -0.2) is 0 Å². The Morgan fingerprint density at radius 2 is 2.05 bits per heavy atom. The Hall–Kier alpha value is -1.81. The first-order valence-electron chi connectivity index (χ1n) is 6.59. The minimum atomic E-state index is -0.494. The second kappa shape index (κ2) is 5.45. The lowest BCUT2D eigenvalue weighted by molar-refractivity contribution is -0.134. The molecule has 4 nitrogen and oxygen atoms in total. The van der Waals surface area contributed by atoms with Crippen molar-refractivity contribution in [3.63, 3.8) is 0 Å². The summed E-state index contributed by atoms with van der Waals surface area (Å²) >= 11 is 0. The van der Waals surface area contributed by atoms with E-state index in [2.05, 4.69) is 0 Å². The first kappa shape index (κ1) is 13.6. The number of para-hydroxylation sites is 1. The molecule has 4 heteroatoms. The molecule has 0 saturated carbocycles. The summed E-state index contributed by atoms with van der Waals surface area (Å²) in [5.41, 5.74) is 6.52. The maximum absolute atomic E-state index is 12.1. The van der Waals surface area contributed by atoms with Crippen molar-refractivity contribution in [3.8, 4) is 0 Å². The van der Waals surface area contributed by atoms with E-state index >= 15 is 0 Å². The Labute approximate surface area is 113 Å². The van der Waals surface area contributed by atoms with Gasteiger partial charge in [0.25, 0.3) is 0 Å². The summed E-state index contributed by atoms with van der Waals surface area (Å²) in [6, 6.07) is 9.20. The van der Waals surface area contributed by atoms with E-state index < -0.39 is 6.04 Å². The van der Waals surface area contributed by atoms with Gasteiger partial charge in [0.05, 0.1) is 12.1 Å². The lowest BCUT2D eigenvalue weighted by Crippen LogP contribution is -2.43. The van der Waals surface area contributed by atoms with Crippen molar-refractivity contribution in [3.05, 3.63) is 36.1 Å². The lowest BCUT2D eigenvalue weighted by atomic mass is 10.1. The molecule has 1 unspecified atom stereocenters. The number of carbonyl (C=O) groups is 1. The third kappa shape index (κ3) is 2.63. The van der Waals surface area contributed by atoms with Crippen LogP contribution in [0.3, 0.4) is 0 Å². The first-order valence-corrected chi connectivity index (χ1v) is 6.59. The molecule has 1 aromatic heterocycles. The van der Waals surface area contributed by atoms with Crippen LogP contribution in [0.5, 0.6) is 0 Å². The van der Waals surface area contributed by atoms with Gasteiger partial charge in [0.2, 0.25) is 5.91 Å². The zero-order valence-electron chi connectivity index (χ0n) is 11.6. The highest BCUT2D eigenvalue weighted by atomic mass is 16.3. The SMILES string of the molecule is CCN(C(=O)[C@@H](C)N)C(C)c1cc2ccccc2o1. The lowest BCUT2D eigenvalue weighted by Gasteiger charge is -2.28. The Bertz CT molecular complexity index is 541. The zero-order valence-corrected chi connectivity index (χ0v) is 11.6. The van der Waals surface area contributed by atoms with Crippen LogP contribution in [-0.4, -0.2) is 23.4 Å². The van der Waals surface area contributed by atoms with Gasteiger partial charge in [-0.05, 0) is 32.9 Å². The van der Waals surface area contributed by atoms with Crippen LogP contribution in [0.4, 0.5) is 0 Å². The fraction of sp³-hybridized carbons (Fsp3) is 0.400. The van der Waals surface area contributed by atoms with Crippen molar-refractivity contribution in [1.29, 1.82) is 0 Å². The number of furan rings is 1. The molecule has 2 atom stereocenters. The van der Waals surface area contributed by atoms with Gasteiger partial charge in [-0.15, -0.1) is 0 Å². The molecule has 19 heavy (non-hydrogen) atoms. The molecule has 2 N–H and O–H groups in total. The highest BCUT2D eigenvalue weighted by Crippen LogP contribution is 2.27. The van der Waals surface area contributed by atoms with Gasteiger partial charge < -0.3 is 15.1 Å². The van der Waals surface area contributed by atoms with Gasteiger partial charge >= 0.3 is 0 Å². The van der Waals surface area contributed by atoms with Gasteiger partial charge in [0.1, 0.15) is 11.3 Å². The van der Waals surface area contributed by atoms with Gasteiger partial charge in [0, 0.05) is 11.9 Å². The molecule has 0 spiro atoms. The van der Waals surface area contributed by atoms with Crippen LogP contribution < -0.4 is 5.73 Å². The molecule has 2 rings (SSSR count). The number of likely N-dealkylation sites (N-methyl/N-ethyl adjacent to an activating group) is 1. The molecule has 2 aromatic rings. The summed E-state index contributed by atoms with van der Waals surface area (Å²) in [5, 5.41) is 1.05. The van der Waals surface area contributed by atoms with Crippen molar-refractivity contribution >= 4 is 16.9 Å². The molecule has 0 bridgehead atoms. The highest BCUT2D eigenvalue weighted by Gasteiger charge is 2.24. The number of nitrogens with two attached hydrogens (primary N) is 1. The predicted molar refractivity (Wildman–Crippen MR) is 75.7 cm³/mol. The number of fused-ring (bicyclic) bond motifs is 1. The fourth-order valence-electron chi connectivity index (χ4n) is 2.24. The van der Waals surface area contributed by atoms with Crippen molar-refractivity contribution < 1.29 is 9.21 Å². The third-order valence-corrected chi connectivity index (χ3v) is 3.34. The molecule has 0 aliphatic heterocycles. The van der Waals surface area contributed by atoms with E-state index in [1.54, 1.807) is 11.8 Å². The van der Waals surface area contributed by atoms with E-state index in [4.69, 9.17) is 10.2 Å². The number of hydrogen-bond donors (Lipinski definition) is 1. The minimum Gasteiger partial charge on any atom is -0.459 e. The standard InChI is InChI=1S/C15H20N2O2/c1-4-17(15(18)10(2)16)11(3)14-9-12-7-5-6-8-13(12)19-14/h5-11H,4,16H2,1-3H3/t10-,11?/m1/s1. The number of carbonyl (C=O) groups excluding carboxylic acids is 1. The van der Waals surface area contributed by atoms with Crippen LogP contribution in [0, 0.1) is 0 Å². The van der Waals surface area contributed by atoms with Crippen molar-refractivity contribution in [2.24, 2.45) is 5.73 Å². The Kier molecular flexibility index (Phi) is 3.90. The van der Waals surface area contributed by atoms with E-state index in [-0.39, 0.29) is 11.9 Å². The molecule has 1 amide bonds. The van der Waals surface area contributed by atoms with E-state index in [1.807, 2.05) is 44.2 Å². The summed E-state index contributed by atoms with van der Waals surface area (Å²) in [5.74, 6) is 0.729. The van der Waals surface area contributed by atoms with Crippen LogP contribution in [0.1, 0.15) is 32.6 Å². The topological polar surface area (TPSA) is 59.5 Å². The van der Waals surface area contributed by atoms with Crippen LogP contribution in [0.2, 0.25) is 0 Å². The van der Waals surface area contributed by atoms with Crippen LogP contribution >= 0.6 is 0 Å². The quantitative estimate of drug-likeness (QED) is 0.919. The van der Waals surface area contributed by atoms with E-state index in [9.17, 15) is 4.79 Å². The number of benzene rings is 1. The average Bonchev–Trinajstić information content (AvgIpc) is 2.82. The fourth-order valence-corrected chi connectivity index (χ4v) is 2.24. The molecular weight excluding hydrogens is 240 g/mol. The average molecular weight is 260 g/mol. The van der Waals surface area contributed by atoms with Crippen molar-refractivity contribution in [1.82, 2.24) is 4.90 Å². The molecule has 0 fully saturated rings. The smallest absolute Gasteiger partial charge is 0.239 e. The molecular formula is C15H20N2O2. The first-order chi connectivity index (χ1) is 9.04. The molecule has 0 saturated heterocycles. The Morgan fingerprint density at radius 1 is 1.37 bits per heavy atom. The molecule has 1 aromatic carbocycles.